The van der Waals surface area contributed by atoms with E-state index in [0.29, 0.717) is 29.1 Å². The number of para-hydroxylation sites is 1. The number of ether oxygens (including phenoxy) is 1. The molecule has 0 aliphatic carbocycles. The number of rotatable bonds is 7. The van der Waals surface area contributed by atoms with Crippen molar-refractivity contribution in [1.82, 2.24) is 5.32 Å². The van der Waals surface area contributed by atoms with Crippen LogP contribution in [0.15, 0.2) is 78.9 Å². The molecule has 0 fully saturated rings. The zero-order valence-electron chi connectivity index (χ0n) is 18.9. The van der Waals surface area contributed by atoms with Crippen molar-refractivity contribution in [1.29, 1.82) is 0 Å². The van der Waals surface area contributed by atoms with E-state index < -0.39 is 0 Å². The number of carbonyl (C=O) groups excluding carboxylic acids is 2. The molecule has 3 aromatic rings. The zero-order valence-corrected chi connectivity index (χ0v) is 19.7. The Balaban J connectivity index is 1.61. The lowest BCUT2D eigenvalue weighted by Crippen LogP contribution is -2.34. The molecular formula is C26H27N3O3S. The fourth-order valence-corrected chi connectivity index (χ4v) is 3.43. The van der Waals surface area contributed by atoms with Gasteiger partial charge in [0.05, 0.1) is 6.10 Å². The van der Waals surface area contributed by atoms with Crippen molar-refractivity contribution in [3.63, 3.8) is 0 Å². The molecule has 3 rings (SSSR count). The second-order valence-electron chi connectivity index (χ2n) is 7.56. The van der Waals surface area contributed by atoms with Crippen molar-refractivity contribution in [2.45, 2.75) is 26.9 Å². The number of hydrogen-bond acceptors (Lipinski definition) is 4. The quantitative estimate of drug-likeness (QED) is 0.469. The summed E-state index contributed by atoms with van der Waals surface area (Å²) >= 11 is 5.27. The largest absolute Gasteiger partial charge is 0.491 e. The van der Waals surface area contributed by atoms with E-state index in [0.717, 1.165) is 5.69 Å². The highest BCUT2D eigenvalue weighted by Gasteiger charge is 2.16. The average molecular weight is 462 g/mol. The Kier molecular flexibility index (Phi) is 8.16. The predicted molar refractivity (Wildman–Crippen MR) is 136 cm³/mol. The Morgan fingerprint density at radius 2 is 1.64 bits per heavy atom. The van der Waals surface area contributed by atoms with E-state index in [1.54, 1.807) is 53.4 Å². The van der Waals surface area contributed by atoms with Crippen molar-refractivity contribution in [3.05, 3.63) is 90.0 Å². The SMILES string of the molecule is CCN(C(=O)c1ccc(NC(=S)NC(=O)c2cccc(OC(C)C)c2)cc1)c1ccccc1. The first-order valence-electron chi connectivity index (χ1n) is 10.7. The van der Waals surface area contributed by atoms with E-state index in [-0.39, 0.29) is 23.0 Å². The minimum absolute atomic E-state index is 0.0120. The molecule has 170 valence electrons. The van der Waals surface area contributed by atoms with Crippen LogP contribution >= 0.6 is 12.2 Å². The Bertz CT molecular complexity index is 1120. The van der Waals surface area contributed by atoms with Crippen LogP contribution in [0.5, 0.6) is 5.75 Å². The first kappa shape index (κ1) is 23.9. The summed E-state index contributed by atoms with van der Waals surface area (Å²) in [5.74, 6) is 0.193. The molecule has 0 unspecified atom stereocenters. The number of amides is 2. The third-order valence-electron chi connectivity index (χ3n) is 4.71. The molecule has 0 saturated carbocycles. The van der Waals surface area contributed by atoms with Crippen molar-refractivity contribution in [2.75, 3.05) is 16.8 Å². The summed E-state index contributed by atoms with van der Waals surface area (Å²) in [7, 11) is 0. The average Bonchev–Trinajstić information content (AvgIpc) is 2.80. The molecule has 0 aliphatic heterocycles. The summed E-state index contributed by atoms with van der Waals surface area (Å²) in [6.45, 7) is 6.34. The Morgan fingerprint density at radius 3 is 2.27 bits per heavy atom. The minimum atomic E-state index is -0.338. The lowest BCUT2D eigenvalue weighted by molar-refractivity contribution is 0.0973. The summed E-state index contributed by atoms with van der Waals surface area (Å²) in [4.78, 5) is 27.2. The lowest BCUT2D eigenvalue weighted by Gasteiger charge is -2.21. The van der Waals surface area contributed by atoms with Crippen LogP contribution in [0.3, 0.4) is 0 Å². The fourth-order valence-electron chi connectivity index (χ4n) is 3.22. The van der Waals surface area contributed by atoms with Gasteiger partial charge in [-0.25, -0.2) is 0 Å². The van der Waals surface area contributed by atoms with Crippen molar-refractivity contribution >= 4 is 40.5 Å². The van der Waals surface area contributed by atoms with Crippen LogP contribution < -0.4 is 20.3 Å². The number of benzene rings is 3. The molecule has 0 radical (unpaired) electrons. The maximum absolute atomic E-state index is 12.9. The van der Waals surface area contributed by atoms with Crippen LogP contribution in [0.4, 0.5) is 11.4 Å². The van der Waals surface area contributed by atoms with Gasteiger partial charge in [-0.15, -0.1) is 0 Å². The molecular weight excluding hydrogens is 434 g/mol. The number of carbonyl (C=O) groups is 2. The standard InChI is InChI=1S/C26H27N3O3S/c1-4-29(22-10-6-5-7-11-22)25(31)19-13-15-21(16-14-19)27-26(33)28-24(30)20-9-8-12-23(17-20)32-18(2)3/h5-18H,4H2,1-3H3,(H2,27,28,30,33). The van der Waals surface area contributed by atoms with E-state index in [2.05, 4.69) is 10.6 Å². The van der Waals surface area contributed by atoms with E-state index in [1.165, 1.54) is 0 Å². The summed E-state index contributed by atoms with van der Waals surface area (Å²) in [5, 5.41) is 5.80. The maximum Gasteiger partial charge on any atom is 0.258 e. The van der Waals surface area contributed by atoms with Crippen LogP contribution in [-0.4, -0.2) is 29.6 Å². The van der Waals surface area contributed by atoms with Gasteiger partial charge < -0.3 is 15.0 Å². The van der Waals surface area contributed by atoms with Crippen LogP contribution in [0.1, 0.15) is 41.5 Å². The normalized spacial score (nSPS) is 10.4. The molecule has 0 saturated heterocycles. The Hall–Kier alpha value is -3.71. The molecule has 6 nitrogen and oxygen atoms in total. The van der Waals surface area contributed by atoms with Gasteiger partial charge in [0.1, 0.15) is 5.75 Å². The molecule has 0 spiro atoms. The summed E-state index contributed by atoms with van der Waals surface area (Å²) in [5.41, 5.74) is 2.51. The highest BCUT2D eigenvalue weighted by molar-refractivity contribution is 7.80. The van der Waals surface area contributed by atoms with E-state index >= 15 is 0 Å². The number of nitrogens with one attached hydrogen (secondary N) is 2. The molecule has 33 heavy (non-hydrogen) atoms. The Labute approximate surface area is 199 Å². The topological polar surface area (TPSA) is 70.7 Å². The van der Waals surface area contributed by atoms with Crippen LogP contribution in [0, 0.1) is 0 Å². The highest BCUT2D eigenvalue weighted by atomic mass is 32.1. The molecule has 0 bridgehead atoms. The van der Waals surface area contributed by atoms with Gasteiger partial charge in [0.2, 0.25) is 0 Å². The summed E-state index contributed by atoms with van der Waals surface area (Å²) in [6.07, 6.45) is 0.0120. The number of hydrogen-bond donors (Lipinski definition) is 2. The third kappa shape index (κ3) is 6.63. The van der Waals surface area contributed by atoms with Gasteiger partial charge in [-0.3, -0.25) is 14.9 Å². The fraction of sp³-hybridized carbons (Fsp3) is 0.192. The summed E-state index contributed by atoms with van der Waals surface area (Å²) in [6, 6.07) is 23.4. The zero-order chi connectivity index (χ0) is 23.8. The first-order chi connectivity index (χ1) is 15.9. The second kappa shape index (κ2) is 11.2. The maximum atomic E-state index is 12.9. The van der Waals surface area contributed by atoms with Crippen molar-refractivity contribution in [3.8, 4) is 5.75 Å². The van der Waals surface area contributed by atoms with Gasteiger partial charge in [0, 0.05) is 29.0 Å². The van der Waals surface area contributed by atoms with Crippen LogP contribution in [0.2, 0.25) is 0 Å². The molecule has 0 aromatic heterocycles. The van der Waals surface area contributed by atoms with E-state index in [9.17, 15) is 9.59 Å². The number of thiocarbonyl (C=S) groups is 1. The van der Waals surface area contributed by atoms with E-state index in [1.807, 2.05) is 51.1 Å². The van der Waals surface area contributed by atoms with Gasteiger partial charge in [-0.1, -0.05) is 24.3 Å². The third-order valence-corrected chi connectivity index (χ3v) is 4.92. The van der Waals surface area contributed by atoms with E-state index in [4.69, 9.17) is 17.0 Å². The van der Waals surface area contributed by atoms with Crippen LogP contribution in [0.25, 0.3) is 0 Å². The van der Waals surface area contributed by atoms with Crippen molar-refractivity contribution in [2.24, 2.45) is 0 Å². The molecule has 0 aliphatic rings. The summed E-state index contributed by atoms with van der Waals surface area (Å²) < 4.78 is 5.63. The molecule has 2 N–H and O–H groups in total. The second-order valence-corrected chi connectivity index (χ2v) is 7.97. The number of nitrogens with zero attached hydrogens (tertiary/aromatic N) is 1. The lowest BCUT2D eigenvalue weighted by atomic mass is 10.1. The molecule has 2 amide bonds. The van der Waals surface area contributed by atoms with Crippen LogP contribution in [-0.2, 0) is 0 Å². The highest BCUT2D eigenvalue weighted by Crippen LogP contribution is 2.18. The predicted octanol–water partition coefficient (Wildman–Crippen LogP) is 5.27. The van der Waals surface area contributed by atoms with Gasteiger partial charge >= 0.3 is 0 Å². The molecule has 3 aromatic carbocycles. The van der Waals surface area contributed by atoms with Gasteiger partial charge in [0.15, 0.2) is 5.11 Å². The smallest absolute Gasteiger partial charge is 0.258 e. The van der Waals surface area contributed by atoms with Gasteiger partial charge in [-0.2, -0.15) is 0 Å². The van der Waals surface area contributed by atoms with Crippen molar-refractivity contribution < 1.29 is 14.3 Å². The first-order valence-corrected chi connectivity index (χ1v) is 11.1. The van der Waals surface area contributed by atoms with Gasteiger partial charge in [-0.05, 0) is 87.6 Å². The van der Waals surface area contributed by atoms with Gasteiger partial charge in [0.25, 0.3) is 11.8 Å². The Morgan fingerprint density at radius 1 is 0.939 bits per heavy atom. The number of anilines is 2. The minimum Gasteiger partial charge on any atom is -0.491 e. The molecule has 0 atom stereocenters. The monoisotopic (exact) mass is 461 g/mol. The molecule has 0 heterocycles. The molecule has 7 heteroatoms.